The zero-order valence-electron chi connectivity index (χ0n) is 10.2. The van der Waals surface area contributed by atoms with E-state index in [0.29, 0.717) is 18.7 Å². The third-order valence-corrected chi connectivity index (χ3v) is 2.79. The van der Waals surface area contributed by atoms with Crippen molar-refractivity contribution in [3.05, 3.63) is 29.8 Å². The summed E-state index contributed by atoms with van der Waals surface area (Å²) in [6.07, 6.45) is 1.16. The van der Waals surface area contributed by atoms with Gasteiger partial charge in [0, 0.05) is 17.9 Å². The molecular formula is C13H18ClNO2. The van der Waals surface area contributed by atoms with Crippen LogP contribution in [0.2, 0.25) is 0 Å². The molecule has 0 aliphatic heterocycles. The maximum absolute atomic E-state index is 11.6. The second-order valence-corrected chi connectivity index (χ2v) is 4.20. The second kappa shape index (κ2) is 7.17. The van der Waals surface area contributed by atoms with Crippen molar-refractivity contribution in [2.75, 3.05) is 13.0 Å². The second-order valence-electron chi connectivity index (χ2n) is 3.82. The number of ether oxygens (including phenoxy) is 1. The Morgan fingerprint density at radius 2 is 2.18 bits per heavy atom. The largest absolute Gasteiger partial charge is 0.496 e. The fraction of sp³-hybridized carbons (Fsp3) is 0.462. The van der Waals surface area contributed by atoms with Gasteiger partial charge in [-0.2, -0.15) is 0 Å². The third-order valence-electron chi connectivity index (χ3n) is 2.52. The van der Waals surface area contributed by atoms with Crippen molar-refractivity contribution >= 4 is 17.5 Å². The van der Waals surface area contributed by atoms with E-state index in [2.05, 4.69) is 5.32 Å². The van der Waals surface area contributed by atoms with Crippen LogP contribution in [0.3, 0.4) is 0 Å². The number of hydrogen-bond acceptors (Lipinski definition) is 2. The third kappa shape index (κ3) is 4.27. The topological polar surface area (TPSA) is 38.3 Å². The molecule has 0 bridgehead atoms. The number of amides is 1. The Balaban J connectivity index is 2.62. The van der Waals surface area contributed by atoms with Gasteiger partial charge in [0.05, 0.1) is 13.2 Å². The minimum absolute atomic E-state index is 0.0176. The molecule has 1 atom stereocenters. The maximum Gasteiger partial charge on any atom is 0.220 e. The zero-order valence-corrected chi connectivity index (χ0v) is 11.0. The molecule has 0 heterocycles. The Bertz CT molecular complexity index is 368. The number of rotatable bonds is 6. The van der Waals surface area contributed by atoms with Crippen molar-refractivity contribution in [2.45, 2.75) is 25.8 Å². The van der Waals surface area contributed by atoms with Gasteiger partial charge in [0.2, 0.25) is 5.91 Å². The predicted molar refractivity (Wildman–Crippen MR) is 69.5 cm³/mol. The first kappa shape index (κ1) is 13.8. The van der Waals surface area contributed by atoms with Crippen LogP contribution in [0, 0.1) is 0 Å². The number of para-hydroxylation sites is 1. The minimum atomic E-state index is -0.0611. The van der Waals surface area contributed by atoms with Crippen molar-refractivity contribution in [2.24, 2.45) is 0 Å². The lowest BCUT2D eigenvalue weighted by Gasteiger charge is -2.17. The summed E-state index contributed by atoms with van der Waals surface area (Å²) >= 11 is 5.55. The zero-order chi connectivity index (χ0) is 12.7. The SMILES string of the molecule is COc1ccccc1[C@H](C)NC(=O)CCCCl. The van der Waals surface area contributed by atoms with Crippen molar-refractivity contribution < 1.29 is 9.53 Å². The molecule has 0 fully saturated rings. The summed E-state index contributed by atoms with van der Waals surface area (Å²) in [5.74, 6) is 1.32. The van der Waals surface area contributed by atoms with Gasteiger partial charge in [-0.15, -0.1) is 11.6 Å². The Morgan fingerprint density at radius 3 is 2.82 bits per heavy atom. The molecule has 0 spiro atoms. The Kier molecular flexibility index (Phi) is 5.84. The standard InChI is InChI=1S/C13H18ClNO2/c1-10(15-13(16)8-5-9-14)11-6-3-4-7-12(11)17-2/h3-4,6-7,10H,5,8-9H2,1-2H3,(H,15,16)/t10-/m0/s1. The van der Waals surface area contributed by atoms with Gasteiger partial charge in [-0.1, -0.05) is 18.2 Å². The van der Waals surface area contributed by atoms with Gasteiger partial charge in [0.1, 0.15) is 5.75 Å². The fourth-order valence-corrected chi connectivity index (χ4v) is 1.78. The summed E-state index contributed by atoms with van der Waals surface area (Å²) in [4.78, 5) is 11.6. The maximum atomic E-state index is 11.6. The summed E-state index contributed by atoms with van der Waals surface area (Å²) in [7, 11) is 1.63. The van der Waals surface area contributed by atoms with E-state index in [1.165, 1.54) is 0 Å². The average molecular weight is 256 g/mol. The number of carbonyl (C=O) groups is 1. The van der Waals surface area contributed by atoms with Crippen LogP contribution in [0.25, 0.3) is 0 Å². The molecule has 0 saturated heterocycles. The number of alkyl halides is 1. The summed E-state index contributed by atoms with van der Waals surface area (Å²) < 4.78 is 5.26. The van der Waals surface area contributed by atoms with Gasteiger partial charge in [-0.3, -0.25) is 4.79 Å². The summed E-state index contributed by atoms with van der Waals surface area (Å²) in [6.45, 7) is 1.94. The van der Waals surface area contributed by atoms with Crippen LogP contribution in [-0.4, -0.2) is 18.9 Å². The smallest absolute Gasteiger partial charge is 0.220 e. The molecule has 17 heavy (non-hydrogen) atoms. The summed E-state index contributed by atoms with van der Waals surface area (Å²) in [5.41, 5.74) is 0.981. The minimum Gasteiger partial charge on any atom is -0.496 e. The predicted octanol–water partition coefficient (Wildman–Crippen LogP) is 2.89. The highest BCUT2D eigenvalue weighted by Gasteiger charge is 2.12. The highest BCUT2D eigenvalue weighted by atomic mass is 35.5. The van der Waals surface area contributed by atoms with Crippen LogP contribution in [0.4, 0.5) is 0 Å². The molecule has 0 saturated carbocycles. The lowest BCUT2D eigenvalue weighted by molar-refractivity contribution is -0.121. The molecule has 1 aromatic carbocycles. The highest BCUT2D eigenvalue weighted by Crippen LogP contribution is 2.24. The van der Waals surface area contributed by atoms with E-state index in [1.807, 2.05) is 31.2 Å². The van der Waals surface area contributed by atoms with Crippen LogP contribution in [0.5, 0.6) is 5.75 Å². The molecule has 0 unspecified atom stereocenters. The lowest BCUT2D eigenvalue weighted by Crippen LogP contribution is -2.26. The first-order valence-corrected chi connectivity index (χ1v) is 6.20. The molecule has 94 valence electrons. The van der Waals surface area contributed by atoms with Crippen LogP contribution in [0.1, 0.15) is 31.4 Å². The number of nitrogens with one attached hydrogen (secondary N) is 1. The molecule has 0 aliphatic carbocycles. The van der Waals surface area contributed by atoms with Crippen LogP contribution < -0.4 is 10.1 Å². The first-order chi connectivity index (χ1) is 8.19. The van der Waals surface area contributed by atoms with Gasteiger partial charge < -0.3 is 10.1 Å². The van der Waals surface area contributed by atoms with Gasteiger partial charge >= 0.3 is 0 Å². The monoisotopic (exact) mass is 255 g/mol. The normalized spacial score (nSPS) is 11.9. The summed E-state index contributed by atoms with van der Waals surface area (Å²) in [6, 6.07) is 7.61. The van der Waals surface area contributed by atoms with Crippen molar-refractivity contribution in [3.63, 3.8) is 0 Å². The van der Waals surface area contributed by atoms with E-state index in [0.717, 1.165) is 11.3 Å². The van der Waals surface area contributed by atoms with Crippen LogP contribution >= 0.6 is 11.6 Å². The molecular weight excluding hydrogens is 238 g/mol. The van der Waals surface area contributed by atoms with Crippen molar-refractivity contribution in [3.8, 4) is 5.75 Å². The molecule has 0 aliphatic rings. The van der Waals surface area contributed by atoms with E-state index in [-0.39, 0.29) is 11.9 Å². The van der Waals surface area contributed by atoms with E-state index in [4.69, 9.17) is 16.3 Å². The number of carbonyl (C=O) groups excluding carboxylic acids is 1. The molecule has 1 aromatic rings. The van der Waals surface area contributed by atoms with Gasteiger partial charge in [-0.25, -0.2) is 0 Å². The molecule has 1 rings (SSSR count). The van der Waals surface area contributed by atoms with Crippen LogP contribution in [0.15, 0.2) is 24.3 Å². The number of hydrogen-bond donors (Lipinski definition) is 1. The summed E-state index contributed by atoms with van der Waals surface area (Å²) in [5, 5.41) is 2.93. The molecule has 4 heteroatoms. The van der Waals surface area contributed by atoms with Gasteiger partial charge in [0.25, 0.3) is 0 Å². The molecule has 0 aromatic heterocycles. The van der Waals surface area contributed by atoms with E-state index >= 15 is 0 Å². The number of methoxy groups -OCH3 is 1. The quantitative estimate of drug-likeness (QED) is 0.794. The number of benzene rings is 1. The fourth-order valence-electron chi connectivity index (χ4n) is 1.64. The van der Waals surface area contributed by atoms with Gasteiger partial charge in [-0.05, 0) is 19.4 Å². The highest BCUT2D eigenvalue weighted by molar-refractivity contribution is 6.17. The lowest BCUT2D eigenvalue weighted by atomic mass is 10.1. The number of halogens is 1. The molecule has 1 amide bonds. The Hall–Kier alpha value is -1.22. The van der Waals surface area contributed by atoms with Crippen LogP contribution in [-0.2, 0) is 4.79 Å². The molecule has 3 nitrogen and oxygen atoms in total. The van der Waals surface area contributed by atoms with Crippen molar-refractivity contribution in [1.29, 1.82) is 0 Å². The first-order valence-electron chi connectivity index (χ1n) is 5.67. The van der Waals surface area contributed by atoms with Crippen molar-refractivity contribution in [1.82, 2.24) is 5.32 Å². The Morgan fingerprint density at radius 1 is 1.47 bits per heavy atom. The molecule has 0 radical (unpaired) electrons. The Labute approximate surface area is 107 Å². The van der Waals surface area contributed by atoms with E-state index < -0.39 is 0 Å². The average Bonchev–Trinajstić information content (AvgIpc) is 2.36. The van der Waals surface area contributed by atoms with E-state index in [1.54, 1.807) is 7.11 Å². The molecule has 1 N–H and O–H groups in total. The van der Waals surface area contributed by atoms with E-state index in [9.17, 15) is 4.79 Å². The van der Waals surface area contributed by atoms with Gasteiger partial charge in [0.15, 0.2) is 0 Å².